The van der Waals surface area contributed by atoms with Crippen molar-refractivity contribution < 1.29 is 18.0 Å². The molecule has 0 heterocycles. The topological polar surface area (TPSA) is 86.8 Å². The number of carbonyl (C=O) groups is 2. The zero-order chi connectivity index (χ0) is 27.2. The van der Waals surface area contributed by atoms with Crippen molar-refractivity contribution in [2.75, 3.05) is 17.1 Å². The summed E-state index contributed by atoms with van der Waals surface area (Å²) in [5.41, 5.74) is 2.89. The van der Waals surface area contributed by atoms with E-state index < -0.39 is 28.5 Å². The molecule has 0 spiro atoms. The summed E-state index contributed by atoms with van der Waals surface area (Å²) in [6.45, 7) is 9.01. The van der Waals surface area contributed by atoms with E-state index in [4.69, 9.17) is 23.2 Å². The lowest BCUT2D eigenvalue weighted by atomic mass is 10.1. The van der Waals surface area contributed by atoms with Gasteiger partial charge in [-0.25, -0.2) is 8.42 Å². The summed E-state index contributed by atoms with van der Waals surface area (Å²) in [5.74, 6) is -0.821. The molecule has 0 saturated heterocycles. The Bertz CT molecular complexity index is 1200. The van der Waals surface area contributed by atoms with E-state index in [2.05, 4.69) is 5.32 Å². The van der Waals surface area contributed by atoms with E-state index in [1.807, 2.05) is 40.7 Å². The molecule has 2 aromatic carbocycles. The van der Waals surface area contributed by atoms with Crippen LogP contribution in [0.15, 0.2) is 36.4 Å². The highest BCUT2D eigenvalue weighted by Gasteiger charge is 2.32. The number of nitrogens with one attached hydrogen (secondary N) is 1. The minimum Gasteiger partial charge on any atom is -0.352 e. The Morgan fingerprint density at radius 2 is 1.67 bits per heavy atom. The van der Waals surface area contributed by atoms with Crippen molar-refractivity contribution in [2.45, 2.75) is 66.1 Å². The highest BCUT2D eigenvalue weighted by molar-refractivity contribution is 7.92. The number of halogens is 2. The molecular weight excluding hydrogens is 521 g/mol. The first-order chi connectivity index (χ1) is 16.8. The number of hydrogen-bond donors (Lipinski definition) is 1. The number of carbonyl (C=O) groups excluding carboxylic acids is 2. The Labute approximate surface area is 224 Å². The standard InChI is InChI=1S/C26H35Cl2N3O4S/c1-7-19(5)29-26(33)24(8-2)30(15-20-10-11-21(27)14-23(20)28)25(32)16-31(36(6,34)35)22-12-9-17(3)18(4)13-22/h9-14,19,24H,7-8,15-16H2,1-6H3,(H,29,33)/t19-,24+/m1/s1. The van der Waals surface area contributed by atoms with Gasteiger partial charge < -0.3 is 10.2 Å². The number of rotatable bonds is 11. The molecule has 0 bridgehead atoms. The van der Waals surface area contributed by atoms with Crippen LogP contribution in [0.25, 0.3) is 0 Å². The third-order valence-corrected chi connectivity index (χ3v) is 7.93. The molecule has 1 N–H and O–H groups in total. The molecule has 0 aliphatic carbocycles. The van der Waals surface area contributed by atoms with Crippen LogP contribution >= 0.6 is 23.2 Å². The Kier molecular flexibility index (Phi) is 10.6. The summed E-state index contributed by atoms with van der Waals surface area (Å²) in [7, 11) is -3.80. The third-order valence-electron chi connectivity index (χ3n) is 6.20. The summed E-state index contributed by atoms with van der Waals surface area (Å²) in [6, 6.07) is 9.24. The van der Waals surface area contributed by atoms with Gasteiger partial charge in [0, 0.05) is 22.6 Å². The summed E-state index contributed by atoms with van der Waals surface area (Å²) >= 11 is 12.4. The van der Waals surface area contributed by atoms with Crippen LogP contribution in [0, 0.1) is 13.8 Å². The van der Waals surface area contributed by atoms with Crippen LogP contribution in [0.3, 0.4) is 0 Å². The van der Waals surface area contributed by atoms with Crippen molar-refractivity contribution in [2.24, 2.45) is 0 Å². The van der Waals surface area contributed by atoms with Crippen molar-refractivity contribution in [3.8, 4) is 0 Å². The quantitative estimate of drug-likeness (QED) is 0.418. The normalized spacial score (nSPS) is 13.1. The van der Waals surface area contributed by atoms with Gasteiger partial charge in [0.1, 0.15) is 12.6 Å². The molecule has 2 aromatic rings. The van der Waals surface area contributed by atoms with Crippen LogP contribution in [0.5, 0.6) is 0 Å². The first kappa shape index (κ1) is 29.9. The minimum absolute atomic E-state index is 0.0196. The van der Waals surface area contributed by atoms with E-state index in [1.165, 1.54) is 4.90 Å². The lowest BCUT2D eigenvalue weighted by Gasteiger charge is -2.33. The maximum absolute atomic E-state index is 13.7. The Hall–Kier alpha value is -2.29. The van der Waals surface area contributed by atoms with Crippen LogP contribution in [0.1, 0.15) is 50.3 Å². The molecule has 0 fully saturated rings. The number of hydrogen-bond acceptors (Lipinski definition) is 4. The first-order valence-corrected chi connectivity index (χ1v) is 14.5. The summed E-state index contributed by atoms with van der Waals surface area (Å²) in [5, 5.41) is 3.73. The van der Waals surface area contributed by atoms with Gasteiger partial charge in [0.05, 0.1) is 11.9 Å². The number of nitrogens with zero attached hydrogens (tertiary/aromatic N) is 2. The second-order valence-electron chi connectivity index (χ2n) is 9.04. The summed E-state index contributed by atoms with van der Waals surface area (Å²) < 4.78 is 26.5. The van der Waals surface area contributed by atoms with Crippen LogP contribution in [0.4, 0.5) is 5.69 Å². The Morgan fingerprint density at radius 1 is 1.00 bits per heavy atom. The largest absolute Gasteiger partial charge is 0.352 e. The van der Waals surface area contributed by atoms with Crippen molar-refractivity contribution in [1.82, 2.24) is 10.2 Å². The van der Waals surface area contributed by atoms with E-state index in [-0.39, 0.29) is 18.5 Å². The highest BCUT2D eigenvalue weighted by Crippen LogP contribution is 2.25. The zero-order valence-corrected chi connectivity index (χ0v) is 24.0. The van der Waals surface area contributed by atoms with Gasteiger partial charge >= 0.3 is 0 Å². The summed E-state index contributed by atoms with van der Waals surface area (Å²) in [6.07, 6.45) is 2.12. The molecule has 10 heteroatoms. The molecule has 7 nitrogen and oxygen atoms in total. The fraction of sp³-hybridized carbons (Fsp3) is 0.462. The van der Waals surface area contributed by atoms with Gasteiger partial charge in [0.15, 0.2) is 0 Å². The van der Waals surface area contributed by atoms with E-state index in [0.717, 1.165) is 28.1 Å². The smallest absolute Gasteiger partial charge is 0.244 e. The van der Waals surface area contributed by atoms with Gasteiger partial charge in [-0.05, 0) is 74.6 Å². The highest BCUT2D eigenvalue weighted by atomic mass is 35.5. The summed E-state index contributed by atoms with van der Waals surface area (Å²) in [4.78, 5) is 28.3. The second kappa shape index (κ2) is 12.8. The van der Waals surface area contributed by atoms with Crippen molar-refractivity contribution in [1.29, 1.82) is 0 Å². The number of sulfonamides is 1. The van der Waals surface area contributed by atoms with Crippen molar-refractivity contribution >= 4 is 50.7 Å². The predicted octanol–water partition coefficient (Wildman–Crippen LogP) is 5.10. The number of benzene rings is 2. The Balaban J connectivity index is 2.50. The van der Waals surface area contributed by atoms with Gasteiger partial charge in [0.2, 0.25) is 21.8 Å². The number of amides is 2. The second-order valence-corrected chi connectivity index (χ2v) is 11.8. The van der Waals surface area contributed by atoms with Crippen LogP contribution in [0.2, 0.25) is 10.0 Å². The third kappa shape index (κ3) is 7.85. The fourth-order valence-corrected chi connectivity index (χ4v) is 5.00. The SMILES string of the molecule is CC[C@@H](C)NC(=O)[C@H](CC)N(Cc1ccc(Cl)cc1Cl)C(=O)CN(c1ccc(C)c(C)c1)S(C)(=O)=O. The maximum atomic E-state index is 13.7. The first-order valence-electron chi connectivity index (χ1n) is 11.9. The average Bonchev–Trinajstić information content (AvgIpc) is 2.79. The van der Waals surface area contributed by atoms with Crippen LogP contribution in [-0.2, 0) is 26.2 Å². The van der Waals surface area contributed by atoms with E-state index in [0.29, 0.717) is 27.7 Å². The molecule has 36 heavy (non-hydrogen) atoms. The van der Waals surface area contributed by atoms with E-state index >= 15 is 0 Å². The van der Waals surface area contributed by atoms with Gasteiger partial charge in [-0.3, -0.25) is 13.9 Å². The lowest BCUT2D eigenvalue weighted by molar-refractivity contribution is -0.140. The fourth-order valence-electron chi connectivity index (χ4n) is 3.69. The van der Waals surface area contributed by atoms with E-state index in [9.17, 15) is 18.0 Å². The van der Waals surface area contributed by atoms with Gasteiger partial charge in [0.25, 0.3) is 0 Å². The maximum Gasteiger partial charge on any atom is 0.244 e. The average molecular weight is 557 g/mol. The molecule has 0 saturated carbocycles. The van der Waals surface area contributed by atoms with Crippen molar-refractivity contribution in [3.05, 3.63) is 63.1 Å². The van der Waals surface area contributed by atoms with Crippen LogP contribution < -0.4 is 9.62 Å². The minimum atomic E-state index is -3.80. The predicted molar refractivity (Wildman–Crippen MR) is 147 cm³/mol. The van der Waals surface area contributed by atoms with Crippen LogP contribution in [-0.4, -0.2) is 50.0 Å². The van der Waals surface area contributed by atoms with Gasteiger partial charge in [-0.1, -0.05) is 49.2 Å². The zero-order valence-electron chi connectivity index (χ0n) is 21.6. The van der Waals surface area contributed by atoms with E-state index in [1.54, 1.807) is 30.3 Å². The number of aryl methyl sites for hydroxylation is 2. The molecule has 198 valence electrons. The van der Waals surface area contributed by atoms with Gasteiger partial charge in [-0.2, -0.15) is 0 Å². The van der Waals surface area contributed by atoms with Gasteiger partial charge in [-0.15, -0.1) is 0 Å². The molecule has 2 atom stereocenters. The Morgan fingerprint density at radius 3 is 2.19 bits per heavy atom. The molecule has 2 amide bonds. The molecule has 2 rings (SSSR count). The van der Waals surface area contributed by atoms with Crippen molar-refractivity contribution in [3.63, 3.8) is 0 Å². The number of anilines is 1. The molecule has 0 aromatic heterocycles. The monoisotopic (exact) mass is 555 g/mol. The molecule has 0 aliphatic rings. The molecule has 0 radical (unpaired) electrons. The molecule has 0 aliphatic heterocycles. The molecular formula is C26H35Cl2N3O4S. The lowest BCUT2D eigenvalue weighted by Crippen LogP contribution is -2.53. The molecule has 0 unspecified atom stereocenters.